The van der Waals surface area contributed by atoms with Crippen molar-refractivity contribution in [2.45, 2.75) is 13.8 Å². The molecule has 1 rings (SSSR count). The summed E-state index contributed by atoms with van der Waals surface area (Å²) in [5.41, 5.74) is 1.00. The number of methoxy groups -OCH3 is 1. The highest BCUT2D eigenvalue weighted by atomic mass is 16.5. The van der Waals surface area contributed by atoms with Crippen molar-refractivity contribution in [2.24, 2.45) is 0 Å². The second-order valence-corrected chi connectivity index (χ2v) is 4.40. The second kappa shape index (κ2) is 9.02. The Morgan fingerprint density at radius 3 is 2.71 bits per heavy atom. The number of carbonyl (C=O) groups excluding carboxylic acids is 1. The maximum Gasteiger partial charge on any atom is 0.260 e. The molecule has 1 aromatic rings. The van der Waals surface area contributed by atoms with Crippen LogP contribution >= 0.6 is 0 Å². The Kier molecular flexibility index (Phi) is 7.32. The van der Waals surface area contributed by atoms with Gasteiger partial charge < -0.3 is 19.5 Å². The number of hydrogen-bond donors (Lipinski definition) is 1. The van der Waals surface area contributed by atoms with E-state index in [1.54, 1.807) is 18.1 Å². The van der Waals surface area contributed by atoms with Gasteiger partial charge >= 0.3 is 0 Å². The predicted octanol–water partition coefficient (Wildman–Crippen LogP) is 1.95. The molecule has 0 saturated heterocycles. The largest absolute Gasteiger partial charge is 0.493 e. The van der Waals surface area contributed by atoms with Crippen molar-refractivity contribution >= 4 is 12.0 Å². The van der Waals surface area contributed by atoms with Crippen LogP contribution in [0.4, 0.5) is 0 Å². The average Bonchev–Trinajstić information content (AvgIpc) is 2.51. The third-order valence-electron chi connectivity index (χ3n) is 3.00. The van der Waals surface area contributed by atoms with Crippen molar-refractivity contribution < 1.29 is 19.4 Å². The number of hydrogen-bond acceptors (Lipinski definition) is 4. The van der Waals surface area contributed by atoms with Crippen molar-refractivity contribution in [3.63, 3.8) is 0 Å². The molecule has 5 heteroatoms. The molecule has 0 aliphatic heterocycles. The van der Waals surface area contributed by atoms with Crippen LogP contribution in [0.1, 0.15) is 19.4 Å². The summed E-state index contributed by atoms with van der Waals surface area (Å²) in [5.74, 6) is 0.953. The molecule has 0 radical (unpaired) electrons. The number of aliphatic hydroxyl groups is 1. The summed E-state index contributed by atoms with van der Waals surface area (Å²) in [6.07, 6.45) is 3.89. The Morgan fingerprint density at radius 2 is 2.14 bits per heavy atom. The fourth-order valence-corrected chi connectivity index (χ4v) is 1.91. The highest BCUT2D eigenvalue weighted by Crippen LogP contribution is 2.28. The van der Waals surface area contributed by atoms with Crippen LogP contribution in [-0.2, 0) is 4.79 Å². The van der Waals surface area contributed by atoms with Gasteiger partial charge in [0.15, 0.2) is 18.1 Å². The van der Waals surface area contributed by atoms with E-state index in [1.807, 2.05) is 38.1 Å². The van der Waals surface area contributed by atoms with Gasteiger partial charge in [-0.2, -0.15) is 0 Å². The molecule has 1 amide bonds. The van der Waals surface area contributed by atoms with Gasteiger partial charge in [0.25, 0.3) is 5.91 Å². The van der Waals surface area contributed by atoms with Gasteiger partial charge in [-0.1, -0.05) is 18.2 Å². The van der Waals surface area contributed by atoms with Crippen LogP contribution in [0.3, 0.4) is 0 Å². The van der Waals surface area contributed by atoms with Crippen molar-refractivity contribution in [2.75, 3.05) is 33.4 Å². The molecule has 5 nitrogen and oxygen atoms in total. The van der Waals surface area contributed by atoms with Crippen molar-refractivity contribution in [1.29, 1.82) is 0 Å². The lowest BCUT2D eigenvalue weighted by Gasteiger charge is -2.20. The molecule has 21 heavy (non-hydrogen) atoms. The standard InChI is InChI=1S/C16H23NO4/c1-4-6-13-7-8-14(15(11-13)20-3)21-12-16(19)17(5-2)9-10-18/h4,6-8,11,18H,5,9-10,12H2,1-3H3/b6-4+. The summed E-state index contributed by atoms with van der Waals surface area (Å²) in [6.45, 7) is 4.53. The summed E-state index contributed by atoms with van der Waals surface area (Å²) in [5, 5.41) is 8.90. The molecule has 0 heterocycles. The van der Waals surface area contributed by atoms with E-state index in [1.165, 1.54) is 0 Å². The van der Waals surface area contributed by atoms with E-state index >= 15 is 0 Å². The van der Waals surface area contributed by atoms with Crippen LogP contribution in [-0.4, -0.2) is 49.3 Å². The summed E-state index contributed by atoms with van der Waals surface area (Å²) >= 11 is 0. The first-order valence-corrected chi connectivity index (χ1v) is 6.98. The highest BCUT2D eigenvalue weighted by Gasteiger charge is 2.13. The zero-order chi connectivity index (χ0) is 15.7. The highest BCUT2D eigenvalue weighted by molar-refractivity contribution is 5.77. The maximum atomic E-state index is 11.9. The lowest BCUT2D eigenvalue weighted by atomic mass is 10.2. The number of rotatable bonds is 8. The molecule has 0 unspecified atom stereocenters. The second-order valence-electron chi connectivity index (χ2n) is 4.40. The minimum absolute atomic E-state index is 0.0546. The Balaban J connectivity index is 2.72. The maximum absolute atomic E-state index is 11.9. The molecule has 0 bridgehead atoms. The number of benzene rings is 1. The molecule has 0 aromatic heterocycles. The SMILES string of the molecule is C/C=C/c1ccc(OCC(=O)N(CC)CCO)c(OC)c1. The summed E-state index contributed by atoms with van der Waals surface area (Å²) < 4.78 is 10.8. The van der Waals surface area contributed by atoms with Gasteiger partial charge in [0.1, 0.15) is 0 Å². The predicted molar refractivity (Wildman–Crippen MR) is 82.5 cm³/mol. The summed E-state index contributed by atoms with van der Waals surface area (Å²) in [7, 11) is 1.56. The Hall–Kier alpha value is -2.01. The summed E-state index contributed by atoms with van der Waals surface area (Å²) in [4.78, 5) is 13.5. The van der Waals surface area contributed by atoms with E-state index in [-0.39, 0.29) is 19.1 Å². The third-order valence-corrected chi connectivity index (χ3v) is 3.00. The van der Waals surface area contributed by atoms with E-state index in [0.717, 1.165) is 5.56 Å². The van der Waals surface area contributed by atoms with Crippen LogP contribution in [0.25, 0.3) is 6.08 Å². The number of allylic oxidation sites excluding steroid dienone is 1. The number of nitrogens with zero attached hydrogens (tertiary/aromatic N) is 1. The lowest BCUT2D eigenvalue weighted by molar-refractivity contribution is -0.133. The summed E-state index contributed by atoms with van der Waals surface area (Å²) in [6, 6.07) is 5.53. The quantitative estimate of drug-likeness (QED) is 0.796. The number of amides is 1. The fraction of sp³-hybridized carbons (Fsp3) is 0.438. The molecular formula is C16H23NO4. The molecule has 0 aliphatic rings. The van der Waals surface area contributed by atoms with Crippen LogP contribution in [0, 0.1) is 0 Å². The van der Waals surface area contributed by atoms with Gasteiger partial charge in [-0.15, -0.1) is 0 Å². The minimum atomic E-state index is -0.161. The third kappa shape index (κ3) is 5.11. The van der Waals surface area contributed by atoms with Gasteiger partial charge in [-0.3, -0.25) is 4.79 Å². The van der Waals surface area contributed by atoms with Crippen LogP contribution < -0.4 is 9.47 Å². The molecule has 0 aliphatic carbocycles. The number of carbonyl (C=O) groups is 1. The average molecular weight is 293 g/mol. The van der Waals surface area contributed by atoms with Crippen molar-refractivity contribution in [1.82, 2.24) is 4.90 Å². The Labute approximate surface area is 125 Å². The normalized spacial score (nSPS) is 10.7. The van der Waals surface area contributed by atoms with Crippen LogP contribution in [0.5, 0.6) is 11.5 Å². The molecule has 1 aromatic carbocycles. The van der Waals surface area contributed by atoms with E-state index in [9.17, 15) is 4.79 Å². The first kappa shape index (κ1) is 17.0. The molecule has 0 spiro atoms. The molecular weight excluding hydrogens is 270 g/mol. The van der Waals surface area contributed by atoms with Gasteiger partial charge in [-0.25, -0.2) is 0 Å². The van der Waals surface area contributed by atoms with Gasteiger partial charge in [0.2, 0.25) is 0 Å². The number of ether oxygens (including phenoxy) is 2. The van der Waals surface area contributed by atoms with Gasteiger partial charge in [0.05, 0.1) is 13.7 Å². The monoisotopic (exact) mass is 293 g/mol. The Morgan fingerprint density at radius 1 is 1.38 bits per heavy atom. The molecule has 1 N–H and O–H groups in total. The smallest absolute Gasteiger partial charge is 0.260 e. The lowest BCUT2D eigenvalue weighted by Crippen LogP contribution is -2.36. The first-order chi connectivity index (χ1) is 10.2. The van der Waals surface area contributed by atoms with E-state index in [4.69, 9.17) is 14.6 Å². The fourth-order valence-electron chi connectivity index (χ4n) is 1.91. The van der Waals surface area contributed by atoms with E-state index in [2.05, 4.69) is 0 Å². The molecule has 0 saturated carbocycles. The van der Waals surface area contributed by atoms with Crippen molar-refractivity contribution in [3.05, 3.63) is 29.8 Å². The number of likely N-dealkylation sites (N-methyl/N-ethyl adjacent to an activating group) is 1. The van der Waals surface area contributed by atoms with Gasteiger partial charge in [0, 0.05) is 13.1 Å². The minimum Gasteiger partial charge on any atom is -0.493 e. The number of aliphatic hydroxyl groups excluding tert-OH is 1. The van der Waals surface area contributed by atoms with Crippen molar-refractivity contribution in [3.8, 4) is 11.5 Å². The van der Waals surface area contributed by atoms with E-state index < -0.39 is 0 Å². The zero-order valence-corrected chi connectivity index (χ0v) is 12.8. The van der Waals surface area contributed by atoms with Crippen LogP contribution in [0.2, 0.25) is 0 Å². The van der Waals surface area contributed by atoms with E-state index in [0.29, 0.717) is 24.6 Å². The Bertz CT molecular complexity index is 485. The molecule has 0 fully saturated rings. The molecule has 0 atom stereocenters. The first-order valence-electron chi connectivity index (χ1n) is 6.98. The molecule has 116 valence electrons. The topological polar surface area (TPSA) is 59.0 Å². The van der Waals surface area contributed by atoms with Crippen LogP contribution in [0.15, 0.2) is 24.3 Å². The van der Waals surface area contributed by atoms with Gasteiger partial charge in [-0.05, 0) is 31.5 Å². The zero-order valence-electron chi connectivity index (χ0n) is 12.8.